The number of rotatable bonds is 5. The quantitative estimate of drug-likeness (QED) is 0.802. The van der Waals surface area contributed by atoms with E-state index < -0.39 is 30.2 Å². The maximum absolute atomic E-state index is 12.2. The fraction of sp³-hybridized carbons (Fsp3) is 0.300. The Bertz CT molecular complexity index is 462. The number of carboxylic acid groups (broad SMARTS) is 1. The zero-order valence-electron chi connectivity index (χ0n) is 9.40. The predicted molar refractivity (Wildman–Crippen MR) is 60.6 cm³/mol. The molecular weight excluding hydrogens is 285 g/mol. The van der Waals surface area contributed by atoms with Crippen LogP contribution in [0.1, 0.15) is 5.56 Å². The normalized spacial score (nSPS) is 11.1. The highest BCUT2D eigenvalue weighted by molar-refractivity contribution is 7.99. The number of alkyl halides is 3. The van der Waals surface area contributed by atoms with E-state index in [1.165, 1.54) is 0 Å². The van der Waals surface area contributed by atoms with Crippen molar-refractivity contribution in [1.82, 2.24) is 10.3 Å². The first-order valence-corrected chi connectivity index (χ1v) is 5.92. The van der Waals surface area contributed by atoms with Crippen LogP contribution in [-0.4, -0.2) is 34.3 Å². The second kappa shape index (κ2) is 6.41. The number of halogens is 3. The van der Waals surface area contributed by atoms with Crippen LogP contribution in [0.15, 0.2) is 23.4 Å². The van der Waals surface area contributed by atoms with E-state index in [-0.39, 0.29) is 10.8 Å². The van der Waals surface area contributed by atoms with Gasteiger partial charge in [0, 0.05) is 6.20 Å². The van der Waals surface area contributed by atoms with E-state index in [0.29, 0.717) is 6.20 Å². The van der Waals surface area contributed by atoms with Gasteiger partial charge >= 0.3 is 12.1 Å². The molecule has 1 aromatic heterocycles. The van der Waals surface area contributed by atoms with Crippen molar-refractivity contribution in [2.75, 3.05) is 12.3 Å². The number of hydrogen-bond acceptors (Lipinski definition) is 4. The molecule has 1 rings (SSSR count). The number of nitrogens with zero attached hydrogens (tertiary/aromatic N) is 1. The molecular formula is C10H9F3N2O3S. The molecule has 2 N–H and O–H groups in total. The first kappa shape index (κ1) is 15.3. The van der Waals surface area contributed by atoms with E-state index in [9.17, 15) is 22.8 Å². The van der Waals surface area contributed by atoms with Gasteiger partial charge in [-0.1, -0.05) is 11.8 Å². The number of carbonyl (C=O) groups excluding carboxylic acids is 1. The third-order valence-corrected chi connectivity index (χ3v) is 2.80. The average Bonchev–Trinajstić information content (AvgIpc) is 2.33. The standard InChI is InChI=1S/C10H9F3N2O3S/c11-10(12,13)6-1-2-8(15-3-6)19-5-7(16)14-4-9(17)18/h1-3H,4-5H2,(H,14,16)(H,17,18). The van der Waals surface area contributed by atoms with Crippen molar-refractivity contribution >= 4 is 23.6 Å². The predicted octanol–water partition coefficient (Wildman–Crippen LogP) is 1.39. The molecule has 9 heteroatoms. The van der Waals surface area contributed by atoms with Crippen molar-refractivity contribution in [3.05, 3.63) is 23.9 Å². The number of aliphatic carboxylic acids is 1. The van der Waals surface area contributed by atoms with Crippen LogP contribution in [0.2, 0.25) is 0 Å². The minimum Gasteiger partial charge on any atom is -0.480 e. The van der Waals surface area contributed by atoms with Crippen LogP contribution in [0, 0.1) is 0 Å². The van der Waals surface area contributed by atoms with Crippen LogP contribution in [0.5, 0.6) is 0 Å². The Morgan fingerprint density at radius 3 is 2.53 bits per heavy atom. The van der Waals surface area contributed by atoms with Crippen LogP contribution in [0.4, 0.5) is 13.2 Å². The van der Waals surface area contributed by atoms with Gasteiger partial charge in [-0.05, 0) is 12.1 Å². The van der Waals surface area contributed by atoms with Gasteiger partial charge in [0.25, 0.3) is 0 Å². The van der Waals surface area contributed by atoms with Crippen LogP contribution >= 0.6 is 11.8 Å². The maximum atomic E-state index is 12.2. The number of aromatic nitrogens is 1. The zero-order valence-corrected chi connectivity index (χ0v) is 10.2. The number of thioether (sulfide) groups is 1. The third-order valence-electron chi connectivity index (χ3n) is 1.85. The number of amides is 1. The first-order chi connectivity index (χ1) is 8.79. The molecule has 0 aromatic carbocycles. The smallest absolute Gasteiger partial charge is 0.417 e. The van der Waals surface area contributed by atoms with E-state index in [2.05, 4.69) is 10.3 Å². The van der Waals surface area contributed by atoms with Crippen LogP contribution in [0.25, 0.3) is 0 Å². The molecule has 0 aliphatic rings. The summed E-state index contributed by atoms with van der Waals surface area (Å²) in [5.41, 5.74) is -0.868. The Morgan fingerprint density at radius 1 is 1.37 bits per heavy atom. The Kier molecular flexibility index (Phi) is 5.16. The first-order valence-electron chi connectivity index (χ1n) is 4.93. The highest BCUT2D eigenvalue weighted by Gasteiger charge is 2.30. The van der Waals surface area contributed by atoms with Crippen LogP contribution < -0.4 is 5.32 Å². The highest BCUT2D eigenvalue weighted by atomic mass is 32.2. The number of pyridine rings is 1. The van der Waals surface area contributed by atoms with Gasteiger partial charge in [0.2, 0.25) is 5.91 Å². The molecule has 0 aliphatic heterocycles. The monoisotopic (exact) mass is 294 g/mol. The molecule has 1 heterocycles. The van der Waals surface area contributed by atoms with Crippen molar-refractivity contribution in [3.63, 3.8) is 0 Å². The molecule has 0 aliphatic carbocycles. The third kappa shape index (κ3) is 5.60. The number of carbonyl (C=O) groups is 2. The minimum atomic E-state index is -4.45. The van der Waals surface area contributed by atoms with Gasteiger partial charge in [-0.3, -0.25) is 9.59 Å². The summed E-state index contributed by atoms with van der Waals surface area (Å²) in [6.07, 6.45) is -3.77. The molecule has 5 nitrogen and oxygen atoms in total. The van der Waals surface area contributed by atoms with Crippen molar-refractivity contribution in [2.45, 2.75) is 11.2 Å². The Hall–Kier alpha value is -1.77. The molecule has 1 amide bonds. The van der Waals surface area contributed by atoms with Gasteiger partial charge in [-0.15, -0.1) is 0 Å². The highest BCUT2D eigenvalue weighted by Crippen LogP contribution is 2.29. The average molecular weight is 294 g/mol. The van der Waals surface area contributed by atoms with Gasteiger partial charge in [0.1, 0.15) is 6.54 Å². The number of nitrogens with one attached hydrogen (secondary N) is 1. The molecule has 0 spiro atoms. The summed E-state index contributed by atoms with van der Waals surface area (Å²) in [5.74, 6) is -1.83. The second-order valence-corrected chi connectivity index (χ2v) is 4.34. The lowest BCUT2D eigenvalue weighted by Gasteiger charge is -2.06. The van der Waals surface area contributed by atoms with Crippen molar-refractivity contribution in [1.29, 1.82) is 0 Å². The molecule has 0 fully saturated rings. The molecule has 0 unspecified atom stereocenters. The van der Waals surface area contributed by atoms with E-state index in [1.807, 2.05) is 0 Å². The van der Waals surface area contributed by atoms with Crippen molar-refractivity contribution in [2.24, 2.45) is 0 Å². The lowest BCUT2D eigenvalue weighted by molar-refractivity contribution is -0.138. The van der Waals surface area contributed by atoms with E-state index >= 15 is 0 Å². The Balaban J connectivity index is 2.46. The van der Waals surface area contributed by atoms with Gasteiger partial charge in [0.15, 0.2) is 0 Å². The van der Waals surface area contributed by atoms with Gasteiger partial charge in [-0.25, -0.2) is 4.98 Å². The Labute approximate surface area is 110 Å². The largest absolute Gasteiger partial charge is 0.480 e. The second-order valence-electron chi connectivity index (χ2n) is 3.34. The molecule has 0 saturated carbocycles. The minimum absolute atomic E-state index is 0.119. The Morgan fingerprint density at radius 2 is 2.05 bits per heavy atom. The summed E-state index contributed by atoms with van der Waals surface area (Å²) in [6, 6.07) is 2.02. The van der Waals surface area contributed by atoms with E-state index in [0.717, 1.165) is 23.9 Å². The molecule has 0 atom stereocenters. The summed E-state index contributed by atoms with van der Waals surface area (Å²) >= 11 is 0.916. The molecule has 1 aromatic rings. The summed E-state index contributed by atoms with van der Waals surface area (Å²) < 4.78 is 36.7. The molecule has 0 saturated heterocycles. The summed E-state index contributed by atoms with van der Waals surface area (Å²) in [5, 5.41) is 10.7. The number of carboxylic acids is 1. The van der Waals surface area contributed by atoms with Gasteiger partial charge < -0.3 is 10.4 Å². The zero-order chi connectivity index (χ0) is 14.5. The topological polar surface area (TPSA) is 79.3 Å². The number of hydrogen-bond donors (Lipinski definition) is 2. The maximum Gasteiger partial charge on any atom is 0.417 e. The molecule has 104 valence electrons. The molecule has 19 heavy (non-hydrogen) atoms. The summed E-state index contributed by atoms with van der Waals surface area (Å²) in [4.78, 5) is 24.9. The van der Waals surface area contributed by atoms with Crippen LogP contribution in [-0.2, 0) is 15.8 Å². The van der Waals surface area contributed by atoms with Crippen molar-refractivity contribution < 1.29 is 27.9 Å². The van der Waals surface area contributed by atoms with Crippen molar-refractivity contribution in [3.8, 4) is 0 Å². The lowest BCUT2D eigenvalue weighted by atomic mass is 10.3. The summed E-state index contributed by atoms with van der Waals surface area (Å²) in [6.45, 7) is -0.500. The van der Waals surface area contributed by atoms with E-state index in [4.69, 9.17) is 5.11 Å². The van der Waals surface area contributed by atoms with Crippen LogP contribution in [0.3, 0.4) is 0 Å². The van der Waals surface area contributed by atoms with E-state index in [1.54, 1.807) is 0 Å². The molecule has 0 bridgehead atoms. The SMILES string of the molecule is O=C(O)CNC(=O)CSc1ccc(C(F)(F)F)cn1. The lowest BCUT2D eigenvalue weighted by Crippen LogP contribution is -2.30. The van der Waals surface area contributed by atoms with Gasteiger partial charge in [0.05, 0.1) is 16.3 Å². The molecule has 0 radical (unpaired) electrons. The fourth-order valence-corrected chi connectivity index (χ4v) is 1.67. The van der Waals surface area contributed by atoms with Gasteiger partial charge in [-0.2, -0.15) is 13.2 Å². The fourth-order valence-electron chi connectivity index (χ4n) is 0.998. The summed E-state index contributed by atoms with van der Waals surface area (Å²) in [7, 11) is 0.